The van der Waals surface area contributed by atoms with Gasteiger partial charge in [0.2, 0.25) is 0 Å². The van der Waals surface area contributed by atoms with Crippen LogP contribution in [0.2, 0.25) is 0 Å². The molecule has 1 aromatic carbocycles. The lowest BCUT2D eigenvalue weighted by Crippen LogP contribution is -2.36. The standard InChI is InChI=1S/C19H19N3OS/c23-19(22(16-8-9-16)14-18-7-4-12-24-18)20-15-5-3-6-17(13-15)21-10-1-2-11-21/h1-7,10-13,16H,8-9,14H2,(H,20,23). The number of carbonyl (C=O) groups is 1. The Labute approximate surface area is 145 Å². The van der Waals surface area contributed by atoms with Crippen molar-refractivity contribution in [2.75, 3.05) is 5.32 Å². The van der Waals surface area contributed by atoms with E-state index in [1.807, 2.05) is 64.3 Å². The first-order chi connectivity index (χ1) is 11.8. The van der Waals surface area contributed by atoms with Crippen LogP contribution in [0.1, 0.15) is 17.7 Å². The largest absolute Gasteiger partial charge is 0.324 e. The van der Waals surface area contributed by atoms with Crippen LogP contribution in [-0.2, 0) is 6.54 Å². The third-order valence-electron chi connectivity index (χ3n) is 4.15. The highest BCUT2D eigenvalue weighted by Crippen LogP contribution is 2.30. The minimum absolute atomic E-state index is 0.0180. The summed E-state index contributed by atoms with van der Waals surface area (Å²) in [4.78, 5) is 15.9. The smallest absolute Gasteiger partial charge is 0.322 e. The molecule has 5 heteroatoms. The van der Waals surface area contributed by atoms with Crippen LogP contribution in [0.5, 0.6) is 0 Å². The van der Waals surface area contributed by atoms with Crippen molar-refractivity contribution in [3.63, 3.8) is 0 Å². The van der Waals surface area contributed by atoms with Gasteiger partial charge in [-0.05, 0) is 54.6 Å². The number of anilines is 1. The van der Waals surface area contributed by atoms with Crippen molar-refractivity contribution in [3.8, 4) is 5.69 Å². The summed E-state index contributed by atoms with van der Waals surface area (Å²) in [5.74, 6) is 0. The van der Waals surface area contributed by atoms with E-state index < -0.39 is 0 Å². The van der Waals surface area contributed by atoms with Crippen LogP contribution in [0.15, 0.2) is 66.3 Å². The van der Waals surface area contributed by atoms with Crippen molar-refractivity contribution in [2.45, 2.75) is 25.4 Å². The summed E-state index contributed by atoms with van der Waals surface area (Å²) in [6.45, 7) is 0.686. The topological polar surface area (TPSA) is 37.3 Å². The summed E-state index contributed by atoms with van der Waals surface area (Å²) in [6, 6.07) is 16.4. The van der Waals surface area contributed by atoms with Crippen LogP contribution >= 0.6 is 11.3 Å². The highest BCUT2D eigenvalue weighted by Gasteiger charge is 2.32. The van der Waals surface area contributed by atoms with Gasteiger partial charge < -0.3 is 14.8 Å². The molecular weight excluding hydrogens is 318 g/mol. The van der Waals surface area contributed by atoms with E-state index in [1.54, 1.807) is 11.3 Å². The number of carbonyl (C=O) groups excluding carboxylic acids is 1. The van der Waals surface area contributed by atoms with Gasteiger partial charge in [-0.15, -0.1) is 11.3 Å². The van der Waals surface area contributed by atoms with E-state index in [1.165, 1.54) is 4.88 Å². The fraction of sp³-hybridized carbons (Fsp3) is 0.211. The molecule has 0 saturated heterocycles. The van der Waals surface area contributed by atoms with Crippen LogP contribution in [0, 0.1) is 0 Å². The Hall–Kier alpha value is -2.53. The van der Waals surface area contributed by atoms with E-state index in [2.05, 4.69) is 16.8 Å². The molecule has 2 heterocycles. The second-order valence-corrected chi connectivity index (χ2v) is 7.04. The molecule has 0 atom stereocenters. The Morgan fingerprint density at radius 2 is 2.00 bits per heavy atom. The SMILES string of the molecule is O=C(Nc1cccc(-n2cccc2)c1)N(Cc1cccs1)C1CC1. The Morgan fingerprint density at radius 3 is 2.71 bits per heavy atom. The van der Waals surface area contributed by atoms with E-state index in [4.69, 9.17) is 0 Å². The molecule has 0 radical (unpaired) electrons. The molecule has 4 nitrogen and oxygen atoms in total. The Balaban J connectivity index is 1.49. The van der Waals surface area contributed by atoms with Crippen LogP contribution < -0.4 is 5.32 Å². The lowest BCUT2D eigenvalue weighted by molar-refractivity contribution is 0.206. The van der Waals surface area contributed by atoms with Gasteiger partial charge in [-0.25, -0.2) is 4.79 Å². The summed E-state index contributed by atoms with van der Waals surface area (Å²) in [7, 11) is 0. The number of nitrogens with one attached hydrogen (secondary N) is 1. The Morgan fingerprint density at radius 1 is 1.17 bits per heavy atom. The second-order valence-electron chi connectivity index (χ2n) is 6.01. The Kier molecular flexibility index (Phi) is 4.09. The van der Waals surface area contributed by atoms with Crippen molar-refractivity contribution in [1.82, 2.24) is 9.47 Å². The predicted molar refractivity (Wildman–Crippen MR) is 97.7 cm³/mol. The summed E-state index contributed by atoms with van der Waals surface area (Å²) in [5, 5.41) is 5.11. The molecule has 1 aliphatic carbocycles. The molecule has 4 rings (SSSR count). The van der Waals surface area contributed by atoms with E-state index in [0.29, 0.717) is 12.6 Å². The quantitative estimate of drug-likeness (QED) is 0.718. The van der Waals surface area contributed by atoms with Crippen molar-refractivity contribution in [3.05, 3.63) is 71.2 Å². The monoisotopic (exact) mass is 337 g/mol. The highest BCUT2D eigenvalue weighted by molar-refractivity contribution is 7.09. The van der Waals surface area contributed by atoms with Gasteiger partial charge in [-0.2, -0.15) is 0 Å². The molecule has 2 amide bonds. The number of benzene rings is 1. The molecule has 1 aliphatic rings. The van der Waals surface area contributed by atoms with Crippen LogP contribution in [0.4, 0.5) is 10.5 Å². The molecule has 2 aromatic heterocycles. The number of hydrogen-bond acceptors (Lipinski definition) is 2. The maximum Gasteiger partial charge on any atom is 0.322 e. The molecule has 0 unspecified atom stereocenters. The first-order valence-corrected chi connectivity index (χ1v) is 9.01. The molecule has 1 N–H and O–H groups in total. The van der Waals surface area contributed by atoms with Gasteiger partial charge in [-0.3, -0.25) is 0 Å². The zero-order valence-electron chi connectivity index (χ0n) is 13.3. The lowest BCUT2D eigenvalue weighted by atomic mass is 10.2. The van der Waals surface area contributed by atoms with Crippen molar-refractivity contribution >= 4 is 23.1 Å². The summed E-state index contributed by atoms with van der Waals surface area (Å²) in [6.07, 6.45) is 6.19. The van der Waals surface area contributed by atoms with Crippen LogP contribution in [0.3, 0.4) is 0 Å². The maximum atomic E-state index is 12.7. The zero-order valence-corrected chi connectivity index (χ0v) is 14.1. The van der Waals surface area contributed by atoms with Crippen LogP contribution in [-0.4, -0.2) is 21.5 Å². The zero-order chi connectivity index (χ0) is 16.4. The number of aromatic nitrogens is 1. The van der Waals surface area contributed by atoms with Gasteiger partial charge in [0, 0.05) is 34.7 Å². The normalized spacial score (nSPS) is 13.7. The van der Waals surface area contributed by atoms with Crippen molar-refractivity contribution in [1.29, 1.82) is 0 Å². The average molecular weight is 337 g/mol. The third kappa shape index (κ3) is 3.36. The lowest BCUT2D eigenvalue weighted by Gasteiger charge is -2.22. The molecule has 3 aromatic rings. The molecule has 0 bridgehead atoms. The van der Waals surface area contributed by atoms with Crippen LogP contribution in [0.25, 0.3) is 5.69 Å². The van der Waals surface area contributed by atoms with E-state index in [0.717, 1.165) is 24.2 Å². The first-order valence-electron chi connectivity index (χ1n) is 8.13. The summed E-state index contributed by atoms with van der Waals surface area (Å²) >= 11 is 1.70. The highest BCUT2D eigenvalue weighted by atomic mass is 32.1. The molecule has 122 valence electrons. The number of thiophene rings is 1. The molecule has 1 fully saturated rings. The van der Waals surface area contributed by atoms with Gasteiger partial charge in [0.25, 0.3) is 0 Å². The molecule has 0 spiro atoms. The van der Waals surface area contributed by atoms with E-state index >= 15 is 0 Å². The maximum absolute atomic E-state index is 12.7. The molecule has 1 saturated carbocycles. The number of hydrogen-bond donors (Lipinski definition) is 1. The average Bonchev–Trinajstić information content (AvgIpc) is 3.08. The molecule has 0 aliphatic heterocycles. The minimum Gasteiger partial charge on any atom is -0.324 e. The summed E-state index contributed by atoms with van der Waals surface area (Å²) < 4.78 is 2.03. The van der Waals surface area contributed by atoms with Gasteiger partial charge >= 0.3 is 6.03 Å². The number of rotatable bonds is 5. The number of urea groups is 1. The Bertz CT molecular complexity index is 807. The first kappa shape index (κ1) is 15.0. The third-order valence-corrected chi connectivity index (χ3v) is 5.02. The number of amides is 2. The fourth-order valence-electron chi connectivity index (χ4n) is 2.77. The fourth-order valence-corrected chi connectivity index (χ4v) is 3.47. The van der Waals surface area contributed by atoms with E-state index in [9.17, 15) is 4.79 Å². The minimum atomic E-state index is -0.0180. The second kappa shape index (κ2) is 6.53. The van der Waals surface area contributed by atoms with Gasteiger partial charge in [0.15, 0.2) is 0 Å². The van der Waals surface area contributed by atoms with Crippen molar-refractivity contribution < 1.29 is 4.79 Å². The predicted octanol–water partition coefficient (Wildman–Crippen LogP) is 4.74. The molecule has 24 heavy (non-hydrogen) atoms. The number of nitrogens with zero attached hydrogens (tertiary/aromatic N) is 2. The van der Waals surface area contributed by atoms with Gasteiger partial charge in [0.05, 0.1) is 6.54 Å². The van der Waals surface area contributed by atoms with E-state index in [-0.39, 0.29) is 6.03 Å². The van der Waals surface area contributed by atoms with Crippen molar-refractivity contribution in [2.24, 2.45) is 0 Å². The van der Waals surface area contributed by atoms with Gasteiger partial charge in [0.1, 0.15) is 0 Å². The van der Waals surface area contributed by atoms with Gasteiger partial charge in [-0.1, -0.05) is 12.1 Å². The summed E-state index contributed by atoms with van der Waals surface area (Å²) in [5.41, 5.74) is 1.86. The molecular formula is C19H19N3OS.